The van der Waals surface area contributed by atoms with Gasteiger partial charge in [0, 0.05) is 18.5 Å². The van der Waals surface area contributed by atoms with E-state index in [4.69, 9.17) is 5.73 Å². The highest BCUT2D eigenvalue weighted by molar-refractivity contribution is 5.87. The van der Waals surface area contributed by atoms with E-state index in [1.165, 1.54) is 12.1 Å². The summed E-state index contributed by atoms with van der Waals surface area (Å²) in [7, 11) is 0. The van der Waals surface area contributed by atoms with Gasteiger partial charge in [0.1, 0.15) is 11.4 Å². The Hall–Kier alpha value is -1.91. The molecule has 0 bridgehead atoms. The van der Waals surface area contributed by atoms with Crippen molar-refractivity contribution in [2.75, 3.05) is 6.54 Å². The number of nitrogens with two attached hydrogens (primary N) is 1. The Morgan fingerprint density at radius 1 is 1.16 bits per heavy atom. The van der Waals surface area contributed by atoms with E-state index < -0.39 is 5.54 Å². The van der Waals surface area contributed by atoms with Gasteiger partial charge in [0.25, 0.3) is 0 Å². The number of rotatable bonds is 3. The van der Waals surface area contributed by atoms with Gasteiger partial charge in [-0.2, -0.15) is 0 Å². The summed E-state index contributed by atoms with van der Waals surface area (Å²) in [4.78, 5) is 14.9. The number of carbonyl (C=O) groups is 1. The van der Waals surface area contributed by atoms with Crippen LogP contribution in [-0.2, 0) is 10.3 Å². The van der Waals surface area contributed by atoms with Crippen molar-refractivity contribution >= 4 is 18.3 Å². The minimum Gasteiger partial charge on any atom is -0.337 e. The lowest BCUT2D eigenvalue weighted by Crippen LogP contribution is -2.52. The van der Waals surface area contributed by atoms with Crippen molar-refractivity contribution in [3.05, 3.63) is 71.5 Å². The average molecular weight is 363 g/mol. The minimum atomic E-state index is -1.05. The number of halogens is 2. The fourth-order valence-electron chi connectivity index (χ4n) is 3.50. The highest BCUT2D eigenvalue weighted by Crippen LogP contribution is 2.34. The molecule has 0 spiro atoms. The van der Waals surface area contributed by atoms with Gasteiger partial charge in [0.15, 0.2) is 0 Å². The zero-order valence-corrected chi connectivity index (χ0v) is 15.3. The van der Waals surface area contributed by atoms with E-state index >= 15 is 0 Å². The molecule has 2 aromatic carbocycles. The number of hydrogen-bond donors (Lipinski definition) is 1. The van der Waals surface area contributed by atoms with Gasteiger partial charge in [0.2, 0.25) is 5.91 Å². The van der Waals surface area contributed by atoms with Crippen LogP contribution in [0.25, 0.3) is 0 Å². The van der Waals surface area contributed by atoms with Gasteiger partial charge in [-0.15, -0.1) is 12.4 Å². The van der Waals surface area contributed by atoms with Crippen LogP contribution in [0.3, 0.4) is 0 Å². The Morgan fingerprint density at radius 3 is 2.36 bits per heavy atom. The van der Waals surface area contributed by atoms with Crippen molar-refractivity contribution in [3.63, 3.8) is 0 Å². The normalized spacial score (nSPS) is 22.2. The van der Waals surface area contributed by atoms with Gasteiger partial charge in [-0.05, 0) is 43.5 Å². The van der Waals surface area contributed by atoms with Crippen LogP contribution in [0.15, 0.2) is 54.6 Å². The predicted octanol–water partition coefficient (Wildman–Crippen LogP) is 3.83. The molecule has 1 amide bonds. The summed E-state index contributed by atoms with van der Waals surface area (Å²) in [5, 5.41) is 0. The van der Waals surface area contributed by atoms with E-state index in [1.54, 1.807) is 19.1 Å². The second-order valence-electron chi connectivity index (χ2n) is 6.86. The molecule has 0 aliphatic carbocycles. The van der Waals surface area contributed by atoms with Crippen LogP contribution in [0, 0.1) is 5.82 Å². The van der Waals surface area contributed by atoms with Crippen LogP contribution >= 0.6 is 12.4 Å². The van der Waals surface area contributed by atoms with Crippen LogP contribution in [0.4, 0.5) is 4.39 Å². The molecular weight excluding hydrogens is 339 g/mol. The number of likely N-dealkylation sites (tertiary alicyclic amines) is 1. The smallest absolute Gasteiger partial charge is 0.247 e. The fraction of sp³-hybridized carbons (Fsp3) is 0.350. The largest absolute Gasteiger partial charge is 0.337 e. The van der Waals surface area contributed by atoms with Gasteiger partial charge in [0.05, 0.1) is 0 Å². The zero-order valence-electron chi connectivity index (χ0n) is 14.5. The molecule has 1 aliphatic rings. The highest BCUT2D eigenvalue weighted by atomic mass is 35.5. The van der Waals surface area contributed by atoms with E-state index in [0.29, 0.717) is 6.54 Å². The summed E-state index contributed by atoms with van der Waals surface area (Å²) < 4.78 is 13.1. The maximum absolute atomic E-state index is 13.1. The van der Waals surface area contributed by atoms with Crippen molar-refractivity contribution < 1.29 is 9.18 Å². The van der Waals surface area contributed by atoms with Crippen LogP contribution in [0.1, 0.15) is 37.3 Å². The summed E-state index contributed by atoms with van der Waals surface area (Å²) in [6, 6.07) is 16.1. The maximum atomic E-state index is 13.1. The molecule has 25 heavy (non-hydrogen) atoms. The molecule has 1 fully saturated rings. The molecular formula is C20H24ClFN2O. The molecule has 134 valence electrons. The molecule has 0 aromatic heterocycles. The monoisotopic (exact) mass is 362 g/mol. The molecule has 1 heterocycles. The Labute approximate surface area is 154 Å². The third-order valence-corrected chi connectivity index (χ3v) is 4.99. The van der Waals surface area contributed by atoms with E-state index in [9.17, 15) is 9.18 Å². The Balaban J connectivity index is 0.00000225. The van der Waals surface area contributed by atoms with Crippen molar-refractivity contribution in [1.82, 2.24) is 4.90 Å². The molecule has 3 unspecified atom stereocenters. The second-order valence-corrected chi connectivity index (χ2v) is 6.86. The first kappa shape index (κ1) is 19.4. The quantitative estimate of drug-likeness (QED) is 0.902. The SMILES string of the molecule is CC1CC(c2ccc(F)cc2)CN1C(=O)C(C)(N)c1ccccc1.Cl. The summed E-state index contributed by atoms with van der Waals surface area (Å²) in [5.74, 6) is -0.0849. The van der Waals surface area contributed by atoms with Gasteiger partial charge in [-0.25, -0.2) is 4.39 Å². The summed E-state index contributed by atoms with van der Waals surface area (Å²) in [5.41, 5.74) is 7.22. The molecule has 1 saturated heterocycles. The second kappa shape index (κ2) is 7.54. The molecule has 1 aliphatic heterocycles. The minimum absolute atomic E-state index is 0. The molecule has 2 aromatic rings. The summed E-state index contributed by atoms with van der Waals surface area (Å²) in [6.07, 6.45) is 0.863. The molecule has 2 N–H and O–H groups in total. The number of nitrogens with zero attached hydrogens (tertiary/aromatic N) is 1. The molecule has 0 saturated carbocycles. The summed E-state index contributed by atoms with van der Waals surface area (Å²) in [6.45, 7) is 4.43. The molecule has 3 nitrogen and oxygen atoms in total. The highest BCUT2D eigenvalue weighted by Gasteiger charge is 2.41. The van der Waals surface area contributed by atoms with Crippen molar-refractivity contribution in [3.8, 4) is 0 Å². The lowest BCUT2D eigenvalue weighted by Gasteiger charge is -2.32. The van der Waals surface area contributed by atoms with Gasteiger partial charge >= 0.3 is 0 Å². The van der Waals surface area contributed by atoms with E-state index in [-0.39, 0.29) is 36.1 Å². The van der Waals surface area contributed by atoms with Crippen LogP contribution in [0.2, 0.25) is 0 Å². The third kappa shape index (κ3) is 3.86. The summed E-state index contributed by atoms with van der Waals surface area (Å²) >= 11 is 0. The molecule has 3 atom stereocenters. The lowest BCUT2D eigenvalue weighted by molar-refractivity contribution is -0.137. The van der Waals surface area contributed by atoms with Crippen molar-refractivity contribution in [1.29, 1.82) is 0 Å². The standard InChI is InChI=1S/C20H23FN2O.ClH/c1-14-12-16(15-8-10-18(21)11-9-15)13-23(14)19(24)20(2,22)17-6-4-3-5-7-17;/h3-11,14,16H,12-13,22H2,1-2H3;1H. The number of hydrogen-bond acceptors (Lipinski definition) is 2. The van der Waals surface area contributed by atoms with Crippen molar-refractivity contribution in [2.24, 2.45) is 5.73 Å². The number of amides is 1. The third-order valence-electron chi connectivity index (χ3n) is 4.99. The van der Waals surface area contributed by atoms with Crippen molar-refractivity contribution in [2.45, 2.75) is 37.8 Å². The Kier molecular flexibility index (Phi) is 5.86. The molecule has 5 heteroatoms. The maximum Gasteiger partial charge on any atom is 0.247 e. The predicted molar refractivity (Wildman–Crippen MR) is 100 cm³/mol. The number of benzene rings is 2. The van der Waals surface area contributed by atoms with Crippen LogP contribution < -0.4 is 5.73 Å². The first-order valence-electron chi connectivity index (χ1n) is 8.30. The van der Waals surface area contributed by atoms with E-state index in [2.05, 4.69) is 0 Å². The van der Waals surface area contributed by atoms with E-state index in [1.807, 2.05) is 42.2 Å². The number of carbonyl (C=O) groups excluding carboxylic acids is 1. The average Bonchev–Trinajstić information content (AvgIpc) is 2.97. The lowest BCUT2D eigenvalue weighted by atomic mass is 9.91. The van der Waals surface area contributed by atoms with Gasteiger partial charge in [-0.3, -0.25) is 4.79 Å². The van der Waals surface area contributed by atoms with Crippen LogP contribution in [0.5, 0.6) is 0 Å². The Morgan fingerprint density at radius 2 is 1.76 bits per heavy atom. The molecule has 3 rings (SSSR count). The Bertz CT molecular complexity index is 718. The first-order valence-corrected chi connectivity index (χ1v) is 8.30. The molecule has 0 radical (unpaired) electrons. The topological polar surface area (TPSA) is 46.3 Å². The fourth-order valence-corrected chi connectivity index (χ4v) is 3.50. The van der Waals surface area contributed by atoms with Crippen LogP contribution in [-0.4, -0.2) is 23.4 Å². The van der Waals surface area contributed by atoms with Gasteiger partial charge < -0.3 is 10.6 Å². The zero-order chi connectivity index (χ0) is 17.3. The van der Waals surface area contributed by atoms with Gasteiger partial charge in [-0.1, -0.05) is 42.5 Å². The first-order chi connectivity index (χ1) is 11.4. The van der Waals surface area contributed by atoms with E-state index in [0.717, 1.165) is 17.5 Å².